The number of rotatable bonds is 1. The molecule has 0 saturated carbocycles. The summed E-state index contributed by atoms with van der Waals surface area (Å²) in [6, 6.07) is 11.8. The van der Waals surface area contributed by atoms with Crippen LogP contribution >= 0.6 is 0 Å². The Morgan fingerprint density at radius 2 is 2.00 bits per heavy atom. The average Bonchev–Trinajstić information content (AvgIpc) is 2.72. The molecule has 0 amide bonds. The quantitative estimate of drug-likeness (QED) is 0.691. The second-order valence-electron chi connectivity index (χ2n) is 4.22. The first-order valence-corrected chi connectivity index (χ1v) is 5.40. The van der Waals surface area contributed by atoms with Crippen LogP contribution in [0.25, 0.3) is 16.4 Å². The Hall–Kier alpha value is -2.29. The van der Waals surface area contributed by atoms with Crippen molar-refractivity contribution < 1.29 is 9.90 Å². The Bertz CT molecular complexity index is 740. The maximum absolute atomic E-state index is 10.9. The molecule has 2 aromatic heterocycles. The predicted molar refractivity (Wildman–Crippen MR) is 66.6 cm³/mol. The second-order valence-corrected chi connectivity index (χ2v) is 4.22. The number of benzene rings is 1. The standard InChI is InChI=1S/C14H11NO2/c1-9-2-5-13-10(6-9)3-4-12-7-11(14(16)17)8-15(12)13/h2-8H,1H3,(H,16,17). The number of nitrogens with zero attached hydrogens (tertiary/aromatic N) is 1. The van der Waals surface area contributed by atoms with Crippen LogP contribution in [0.15, 0.2) is 42.6 Å². The Kier molecular flexibility index (Phi) is 1.95. The lowest BCUT2D eigenvalue weighted by molar-refractivity contribution is 0.0697. The molecule has 2 heterocycles. The van der Waals surface area contributed by atoms with Gasteiger partial charge in [-0.3, -0.25) is 0 Å². The molecule has 3 aromatic rings. The van der Waals surface area contributed by atoms with Crippen LogP contribution in [-0.4, -0.2) is 15.5 Å². The van der Waals surface area contributed by atoms with Crippen molar-refractivity contribution in [2.24, 2.45) is 0 Å². The number of fused-ring (bicyclic) bond motifs is 3. The van der Waals surface area contributed by atoms with E-state index >= 15 is 0 Å². The highest BCUT2D eigenvalue weighted by Gasteiger charge is 2.08. The van der Waals surface area contributed by atoms with Crippen molar-refractivity contribution >= 4 is 22.4 Å². The highest BCUT2D eigenvalue weighted by molar-refractivity contribution is 5.92. The van der Waals surface area contributed by atoms with E-state index in [0.717, 1.165) is 16.4 Å². The number of carboxylic acid groups (broad SMARTS) is 1. The number of aromatic carboxylic acids is 1. The van der Waals surface area contributed by atoms with Gasteiger partial charge in [0.1, 0.15) is 0 Å². The Morgan fingerprint density at radius 3 is 2.76 bits per heavy atom. The monoisotopic (exact) mass is 225 g/mol. The van der Waals surface area contributed by atoms with Gasteiger partial charge >= 0.3 is 5.97 Å². The first-order chi connectivity index (χ1) is 8.15. The zero-order chi connectivity index (χ0) is 12.0. The fraction of sp³-hybridized carbons (Fsp3) is 0.0714. The Labute approximate surface area is 97.9 Å². The van der Waals surface area contributed by atoms with E-state index in [2.05, 4.69) is 6.07 Å². The van der Waals surface area contributed by atoms with Crippen molar-refractivity contribution in [3.8, 4) is 0 Å². The molecule has 0 aliphatic rings. The number of aryl methyl sites for hydroxylation is 1. The van der Waals surface area contributed by atoms with Crippen LogP contribution < -0.4 is 0 Å². The molecule has 0 aliphatic carbocycles. The summed E-state index contributed by atoms with van der Waals surface area (Å²) in [7, 11) is 0. The van der Waals surface area contributed by atoms with E-state index in [9.17, 15) is 4.79 Å². The fourth-order valence-corrected chi connectivity index (χ4v) is 2.14. The third-order valence-electron chi connectivity index (χ3n) is 2.97. The van der Waals surface area contributed by atoms with Gasteiger partial charge < -0.3 is 9.51 Å². The average molecular weight is 225 g/mol. The molecular weight excluding hydrogens is 214 g/mol. The number of carboxylic acids is 1. The van der Waals surface area contributed by atoms with Gasteiger partial charge in [-0.1, -0.05) is 17.7 Å². The van der Waals surface area contributed by atoms with Gasteiger partial charge in [0, 0.05) is 11.7 Å². The van der Waals surface area contributed by atoms with Gasteiger partial charge in [0.25, 0.3) is 0 Å². The van der Waals surface area contributed by atoms with Crippen molar-refractivity contribution in [3.05, 3.63) is 53.7 Å². The lowest BCUT2D eigenvalue weighted by atomic mass is 10.1. The molecule has 0 fully saturated rings. The zero-order valence-electron chi connectivity index (χ0n) is 9.34. The molecule has 0 unspecified atom stereocenters. The molecule has 3 heteroatoms. The summed E-state index contributed by atoms with van der Waals surface area (Å²) >= 11 is 0. The van der Waals surface area contributed by atoms with Crippen LogP contribution in [0, 0.1) is 6.92 Å². The molecule has 0 saturated heterocycles. The molecule has 0 aliphatic heterocycles. The van der Waals surface area contributed by atoms with Crippen molar-refractivity contribution in [2.75, 3.05) is 0 Å². The summed E-state index contributed by atoms with van der Waals surface area (Å²) < 4.78 is 1.91. The topological polar surface area (TPSA) is 41.7 Å². The van der Waals surface area contributed by atoms with Gasteiger partial charge in [-0.15, -0.1) is 0 Å². The van der Waals surface area contributed by atoms with E-state index < -0.39 is 5.97 Å². The van der Waals surface area contributed by atoms with Crippen LogP contribution in [-0.2, 0) is 0 Å². The molecule has 1 N–H and O–H groups in total. The largest absolute Gasteiger partial charge is 0.478 e. The van der Waals surface area contributed by atoms with Crippen LogP contribution in [0.4, 0.5) is 0 Å². The molecule has 1 aromatic carbocycles. The maximum atomic E-state index is 10.9. The van der Waals surface area contributed by atoms with Crippen LogP contribution in [0.1, 0.15) is 15.9 Å². The lowest BCUT2D eigenvalue weighted by Crippen LogP contribution is -1.92. The van der Waals surface area contributed by atoms with E-state index in [1.165, 1.54) is 5.56 Å². The predicted octanol–water partition coefficient (Wildman–Crippen LogP) is 3.10. The van der Waals surface area contributed by atoms with Gasteiger partial charge in [0.2, 0.25) is 0 Å². The van der Waals surface area contributed by atoms with E-state index in [0.29, 0.717) is 5.56 Å². The minimum Gasteiger partial charge on any atom is -0.478 e. The molecule has 17 heavy (non-hydrogen) atoms. The first kappa shape index (κ1) is 9.90. The minimum atomic E-state index is -0.894. The van der Waals surface area contributed by atoms with Crippen molar-refractivity contribution in [1.29, 1.82) is 0 Å². The summed E-state index contributed by atoms with van der Waals surface area (Å²) in [5, 5.41) is 10.1. The summed E-state index contributed by atoms with van der Waals surface area (Å²) in [4.78, 5) is 10.9. The first-order valence-electron chi connectivity index (χ1n) is 5.40. The van der Waals surface area contributed by atoms with Crippen molar-refractivity contribution in [2.45, 2.75) is 6.92 Å². The Balaban J connectivity index is 2.42. The summed E-state index contributed by atoms with van der Waals surface area (Å²) in [5.41, 5.74) is 3.44. The van der Waals surface area contributed by atoms with Crippen molar-refractivity contribution in [3.63, 3.8) is 0 Å². The highest BCUT2D eigenvalue weighted by Crippen LogP contribution is 2.20. The van der Waals surface area contributed by atoms with Crippen molar-refractivity contribution in [1.82, 2.24) is 4.40 Å². The van der Waals surface area contributed by atoms with Crippen LogP contribution in [0.5, 0.6) is 0 Å². The Morgan fingerprint density at radius 1 is 1.18 bits per heavy atom. The normalized spacial score (nSPS) is 11.1. The van der Waals surface area contributed by atoms with Gasteiger partial charge in [-0.2, -0.15) is 0 Å². The molecule has 0 radical (unpaired) electrons. The number of aromatic nitrogens is 1. The maximum Gasteiger partial charge on any atom is 0.337 e. The van der Waals surface area contributed by atoms with E-state index in [1.807, 2.05) is 35.6 Å². The number of hydrogen-bond acceptors (Lipinski definition) is 1. The van der Waals surface area contributed by atoms with E-state index in [4.69, 9.17) is 5.11 Å². The highest BCUT2D eigenvalue weighted by atomic mass is 16.4. The number of pyridine rings is 1. The zero-order valence-corrected chi connectivity index (χ0v) is 9.34. The van der Waals surface area contributed by atoms with Crippen LogP contribution in [0.2, 0.25) is 0 Å². The smallest absolute Gasteiger partial charge is 0.337 e. The van der Waals surface area contributed by atoms with E-state index in [1.54, 1.807) is 12.3 Å². The SMILES string of the molecule is Cc1ccc2c(ccc3cc(C(=O)O)cn32)c1. The van der Waals surface area contributed by atoms with Gasteiger partial charge in [0.05, 0.1) is 11.1 Å². The van der Waals surface area contributed by atoms with Gasteiger partial charge in [-0.25, -0.2) is 4.79 Å². The third kappa shape index (κ3) is 1.47. The molecule has 0 spiro atoms. The molecule has 3 nitrogen and oxygen atoms in total. The van der Waals surface area contributed by atoms with Gasteiger partial charge in [-0.05, 0) is 36.6 Å². The third-order valence-corrected chi connectivity index (χ3v) is 2.97. The van der Waals surface area contributed by atoms with Gasteiger partial charge in [0.15, 0.2) is 0 Å². The molecule has 0 atom stereocenters. The summed E-state index contributed by atoms with van der Waals surface area (Å²) in [6.45, 7) is 2.04. The second kappa shape index (κ2) is 3.35. The number of carbonyl (C=O) groups is 1. The van der Waals surface area contributed by atoms with E-state index in [-0.39, 0.29) is 0 Å². The molecular formula is C14H11NO2. The summed E-state index contributed by atoms with van der Waals surface area (Å²) in [5.74, 6) is -0.894. The fourth-order valence-electron chi connectivity index (χ4n) is 2.14. The number of hydrogen-bond donors (Lipinski definition) is 1. The summed E-state index contributed by atoms with van der Waals surface area (Å²) in [6.07, 6.45) is 1.66. The molecule has 3 rings (SSSR count). The van der Waals surface area contributed by atoms with Crippen LogP contribution in [0.3, 0.4) is 0 Å². The minimum absolute atomic E-state index is 0.318. The molecule has 84 valence electrons. The molecule has 0 bridgehead atoms. The lowest BCUT2D eigenvalue weighted by Gasteiger charge is -2.03.